The van der Waals surface area contributed by atoms with Crippen LogP contribution in [0.5, 0.6) is 0 Å². The third-order valence-electron chi connectivity index (χ3n) is 8.29. The van der Waals surface area contributed by atoms with Crippen molar-refractivity contribution in [2.75, 3.05) is 0 Å². The summed E-state index contributed by atoms with van der Waals surface area (Å²) in [6, 6.07) is 24.8. The number of thioether (sulfide) groups is 1. The van der Waals surface area contributed by atoms with Crippen molar-refractivity contribution in [2.24, 2.45) is 0 Å². The van der Waals surface area contributed by atoms with E-state index in [1.54, 1.807) is 11.8 Å². The number of aryl methyl sites for hydroxylation is 2. The standard InChI is InChI=1S/C35H40N2O2S/c1-4-30(21-26-10-6-5-7-11-26)36-34(38)28-18-16-27(17-19-28)22-33-35(39)37(31-12-8-9-13-32(31)40-33)23-29-20-24(2)14-15-25(29)3/h5-7,10-11,14-20,22,30-32H,4,8-9,12-13,21,23H2,1-3H3,(H,36,38)/b33-22-. The maximum atomic E-state index is 13.8. The molecule has 1 aliphatic heterocycles. The van der Waals surface area contributed by atoms with Crippen molar-refractivity contribution in [1.29, 1.82) is 0 Å². The van der Waals surface area contributed by atoms with Crippen LogP contribution in [-0.2, 0) is 17.8 Å². The summed E-state index contributed by atoms with van der Waals surface area (Å²) in [6.45, 7) is 7.00. The van der Waals surface area contributed by atoms with E-state index in [-0.39, 0.29) is 23.9 Å². The van der Waals surface area contributed by atoms with E-state index >= 15 is 0 Å². The van der Waals surface area contributed by atoms with E-state index in [4.69, 9.17) is 0 Å². The van der Waals surface area contributed by atoms with Crippen molar-refractivity contribution in [1.82, 2.24) is 10.2 Å². The second-order valence-electron chi connectivity index (χ2n) is 11.3. The molecule has 0 aromatic heterocycles. The molecule has 0 radical (unpaired) electrons. The summed E-state index contributed by atoms with van der Waals surface area (Å²) < 4.78 is 0. The molecule has 1 N–H and O–H groups in total. The normalized spacial score (nSPS) is 20.7. The zero-order valence-corrected chi connectivity index (χ0v) is 24.7. The van der Waals surface area contributed by atoms with Gasteiger partial charge in [-0.05, 0) is 80.0 Å². The number of nitrogens with zero attached hydrogens (tertiary/aromatic N) is 1. The van der Waals surface area contributed by atoms with Gasteiger partial charge in [0, 0.05) is 29.4 Å². The van der Waals surface area contributed by atoms with E-state index in [0.717, 1.165) is 36.2 Å². The first kappa shape index (κ1) is 28.2. The van der Waals surface area contributed by atoms with Crippen LogP contribution >= 0.6 is 11.8 Å². The van der Waals surface area contributed by atoms with Gasteiger partial charge in [-0.2, -0.15) is 0 Å². The summed E-state index contributed by atoms with van der Waals surface area (Å²) in [6.07, 6.45) is 8.32. The number of hydrogen-bond donors (Lipinski definition) is 1. The third kappa shape index (κ3) is 6.69. The zero-order chi connectivity index (χ0) is 28.1. The van der Waals surface area contributed by atoms with Crippen LogP contribution in [0.25, 0.3) is 6.08 Å². The molecular weight excluding hydrogens is 512 g/mol. The van der Waals surface area contributed by atoms with Gasteiger partial charge in [-0.1, -0.05) is 86.0 Å². The Labute approximate surface area is 243 Å². The molecule has 5 rings (SSSR count). The molecule has 3 aromatic rings. The van der Waals surface area contributed by atoms with E-state index < -0.39 is 0 Å². The molecular formula is C35H40N2O2S. The summed E-state index contributed by atoms with van der Waals surface area (Å²) in [5, 5.41) is 3.62. The van der Waals surface area contributed by atoms with E-state index in [9.17, 15) is 9.59 Å². The molecule has 208 valence electrons. The molecule has 0 spiro atoms. The van der Waals surface area contributed by atoms with Crippen LogP contribution in [0.1, 0.15) is 77.2 Å². The Kier molecular flexibility index (Phi) is 9.11. The van der Waals surface area contributed by atoms with Crippen molar-refractivity contribution < 1.29 is 9.59 Å². The van der Waals surface area contributed by atoms with Gasteiger partial charge < -0.3 is 10.2 Å². The lowest BCUT2D eigenvalue weighted by Gasteiger charge is -2.44. The van der Waals surface area contributed by atoms with Crippen LogP contribution in [0, 0.1) is 13.8 Å². The number of nitrogens with one attached hydrogen (secondary N) is 1. The van der Waals surface area contributed by atoms with Gasteiger partial charge in [0.05, 0.1) is 4.91 Å². The quantitative estimate of drug-likeness (QED) is 0.295. The van der Waals surface area contributed by atoms with Crippen molar-refractivity contribution in [3.63, 3.8) is 0 Å². The highest BCUT2D eigenvalue weighted by Crippen LogP contribution is 2.43. The first-order valence-electron chi connectivity index (χ1n) is 14.6. The second-order valence-corrected chi connectivity index (χ2v) is 12.6. The van der Waals surface area contributed by atoms with E-state index in [0.29, 0.717) is 17.4 Å². The van der Waals surface area contributed by atoms with Gasteiger partial charge in [0.15, 0.2) is 0 Å². The van der Waals surface area contributed by atoms with Crippen molar-refractivity contribution >= 4 is 29.7 Å². The summed E-state index contributed by atoms with van der Waals surface area (Å²) in [7, 11) is 0. The molecule has 5 heteroatoms. The van der Waals surface area contributed by atoms with Crippen LogP contribution in [0.3, 0.4) is 0 Å². The minimum atomic E-state index is -0.0603. The lowest BCUT2D eigenvalue weighted by Crippen LogP contribution is -2.50. The zero-order valence-electron chi connectivity index (χ0n) is 23.9. The lowest BCUT2D eigenvalue weighted by molar-refractivity contribution is -0.130. The first-order valence-corrected chi connectivity index (χ1v) is 15.5. The molecule has 3 aromatic carbocycles. The minimum absolute atomic E-state index is 0.0603. The van der Waals surface area contributed by atoms with Gasteiger partial charge in [0.25, 0.3) is 11.8 Å². The van der Waals surface area contributed by atoms with E-state index in [1.165, 1.54) is 35.1 Å². The highest BCUT2D eigenvalue weighted by molar-refractivity contribution is 8.04. The molecule has 2 amide bonds. The predicted molar refractivity (Wildman–Crippen MR) is 166 cm³/mol. The molecule has 4 nitrogen and oxygen atoms in total. The minimum Gasteiger partial charge on any atom is -0.349 e. The maximum absolute atomic E-state index is 13.8. The molecule has 1 heterocycles. The molecule has 40 heavy (non-hydrogen) atoms. The van der Waals surface area contributed by atoms with Gasteiger partial charge in [0.1, 0.15) is 0 Å². The van der Waals surface area contributed by atoms with Crippen LogP contribution in [-0.4, -0.2) is 34.0 Å². The van der Waals surface area contributed by atoms with Gasteiger partial charge in [-0.15, -0.1) is 11.8 Å². The smallest absolute Gasteiger partial charge is 0.260 e. The molecule has 3 unspecified atom stereocenters. The average Bonchev–Trinajstić information content (AvgIpc) is 2.97. The van der Waals surface area contributed by atoms with Crippen LogP contribution < -0.4 is 5.32 Å². The monoisotopic (exact) mass is 552 g/mol. The maximum Gasteiger partial charge on any atom is 0.260 e. The fourth-order valence-corrected chi connectivity index (χ4v) is 7.34. The van der Waals surface area contributed by atoms with Crippen LogP contribution in [0.4, 0.5) is 0 Å². The molecule has 3 atom stereocenters. The molecule has 2 fully saturated rings. The third-order valence-corrected chi connectivity index (χ3v) is 9.69. The number of amides is 2. The lowest BCUT2D eigenvalue weighted by atomic mass is 9.92. The Morgan fingerprint density at radius 1 is 1.02 bits per heavy atom. The summed E-state index contributed by atoms with van der Waals surface area (Å²) >= 11 is 1.75. The van der Waals surface area contributed by atoms with Crippen molar-refractivity contribution in [2.45, 2.75) is 83.2 Å². The van der Waals surface area contributed by atoms with E-state index in [1.807, 2.05) is 48.5 Å². The molecule has 1 saturated carbocycles. The summed E-state index contributed by atoms with van der Waals surface area (Å²) in [4.78, 5) is 29.8. The fraction of sp³-hybridized carbons (Fsp3) is 0.371. The van der Waals surface area contributed by atoms with Gasteiger partial charge in [-0.3, -0.25) is 9.59 Å². The summed E-state index contributed by atoms with van der Waals surface area (Å²) in [5.74, 6) is 0.0671. The Morgan fingerprint density at radius 3 is 2.52 bits per heavy atom. The molecule has 2 aliphatic rings. The number of rotatable bonds is 8. The predicted octanol–water partition coefficient (Wildman–Crippen LogP) is 7.48. The van der Waals surface area contributed by atoms with Gasteiger partial charge in [0.2, 0.25) is 0 Å². The Bertz CT molecular complexity index is 1370. The summed E-state index contributed by atoms with van der Waals surface area (Å²) in [5.41, 5.74) is 6.50. The Morgan fingerprint density at radius 2 is 1.77 bits per heavy atom. The second kappa shape index (κ2) is 12.9. The number of fused-ring (bicyclic) bond motifs is 1. The van der Waals surface area contributed by atoms with Crippen molar-refractivity contribution in [3.8, 4) is 0 Å². The molecule has 1 aliphatic carbocycles. The Hall–Kier alpha value is -3.31. The topological polar surface area (TPSA) is 49.4 Å². The number of carbonyl (C=O) groups excluding carboxylic acids is 2. The number of benzene rings is 3. The van der Waals surface area contributed by atoms with Crippen LogP contribution in [0.15, 0.2) is 77.7 Å². The highest BCUT2D eigenvalue weighted by atomic mass is 32.2. The average molecular weight is 553 g/mol. The van der Waals surface area contributed by atoms with Gasteiger partial charge in [-0.25, -0.2) is 0 Å². The van der Waals surface area contributed by atoms with Gasteiger partial charge >= 0.3 is 0 Å². The van der Waals surface area contributed by atoms with Crippen LogP contribution in [0.2, 0.25) is 0 Å². The largest absolute Gasteiger partial charge is 0.349 e. The molecule has 1 saturated heterocycles. The Balaban J connectivity index is 1.30. The fourth-order valence-electron chi connectivity index (χ4n) is 5.86. The highest BCUT2D eigenvalue weighted by Gasteiger charge is 2.40. The van der Waals surface area contributed by atoms with E-state index in [2.05, 4.69) is 61.3 Å². The SMILES string of the molecule is CCC(Cc1ccccc1)NC(=O)c1ccc(/C=C2\SC3CCCCC3N(Cc3cc(C)ccc3C)C2=O)cc1. The first-order chi connectivity index (χ1) is 19.4. The molecule has 0 bridgehead atoms. The number of hydrogen-bond acceptors (Lipinski definition) is 3. The van der Waals surface area contributed by atoms with Crippen molar-refractivity contribution in [3.05, 3.63) is 111 Å². The number of carbonyl (C=O) groups is 2.